The molecule has 1 aliphatic rings. The van der Waals surface area contributed by atoms with Crippen molar-refractivity contribution in [2.24, 2.45) is 7.05 Å². The van der Waals surface area contributed by atoms with Crippen LogP contribution in [0.3, 0.4) is 0 Å². The fourth-order valence-electron chi connectivity index (χ4n) is 2.71. The summed E-state index contributed by atoms with van der Waals surface area (Å²) in [5.74, 6) is -3.27. The van der Waals surface area contributed by atoms with Crippen molar-refractivity contribution in [1.29, 1.82) is 0 Å². The van der Waals surface area contributed by atoms with Crippen molar-refractivity contribution in [2.45, 2.75) is 24.6 Å². The minimum Gasteiger partial charge on any atom is -0.382 e. The molecule has 0 amide bonds. The fraction of sp³-hybridized carbons (Fsp3) is 0.385. The summed E-state index contributed by atoms with van der Waals surface area (Å²) >= 11 is 0. The molecule has 0 saturated carbocycles. The van der Waals surface area contributed by atoms with Gasteiger partial charge >= 0.3 is 6.18 Å². The van der Waals surface area contributed by atoms with Gasteiger partial charge in [0.25, 0.3) is 5.92 Å². The van der Waals surface area contributed by atoms with Gasteiger partial charge < -0.3 is 14.2 Å². The van der Waals surface area contributed by atoms with Crippen molar-refractivity contribution in [1.82, 2.24) is 9.13 Å². The average Bonchev–Trinajstić information content (AvgIpc) is 2.96. The Labute approximate surface area is 116 Å². The number of hydrogen-bond donors (Lipinski definition) is 1. The third-order valence-electron chi connectivity index (χ3n) is 3.70. The second kappa shape index (κ2) is 4.09. The molecule has 1 unspecified atom stereocenters. The molecule has 0 aliphatic heterocycles. The molecule has 2 aromatic rings. The number of halogens is 5. The van der Waals surface area contributed by atoms with Crippen LogP contribution < -0.4 is 0 Å². The Kier molecular flexibility index (Phi) is 2.75. The summed E-state index contributed by atoms with van der Waals surface area (Å²) < 4.78 is 69.0. The normalized spacial score (nSPS) is 20.8. The highest BCUT2D eigenvalue weighted by atomic mass is 19.4. The van der Waals surface area contributed by atoms with Gasteiger partial charge in [-0.2, -0.15) is 13.2 Å². The topological polar surface area (TPSA) is 30.1 Å². The van der Waals surface area contributed by atoms with Crippen LogP contribution in [0.4, 0.5) is 22.0 Å². The Morgan fingerprint density at radius 2 is 2.00 bits per heavy atom. The van der Waals surface area contributed by atoms with E-state index in [-0.39, 0.29) is 5.69 Å². The zero-order chi connectivity index (χ0) is 15.6. The third-order valence-corrected chi connectivity index (χ3v) is 3.70. The van der Waals surface area contributed by atoms with Gasteiger partial charge in [-0.3, -0.25) is 0 Å². The minimum absolute atomic E-state index is 0.207. The standard InChI is InChI=1S/C13H11F5N2O/c1-19-4-2-3-9(19)20-6-7(13(16,17)18)10-8(20)5-12(14,15)11(10)21/h2-4,6,11,21H,5H2,1H3. The molecule has 2 aromatic heterocycles. The molecular formula is C13H11F5N2O. The maximum Gasteiger partial charge on any atom is 0.418 e. The summed E-state index contributed by atoms with van der Waals surface area (Å²) in [6, 6.07) is 3.11. The maximum atomic E-state index is 13.6. The number of aliphatic hydroxyl groups is 1. The van der Waals surface area contributed by atoms with Gasteiger partial charge in [0.1, 0.15) is 11.9 Å². The molecule has 1 N–H and O–H groups in total. The van der Waals surface area contributed by atoms with Crippen LogP contribution in [0.25, 0.3) is 5.82 Å². The first kappa shape index (κ1) is 14.1. The van der Waals surface area contributed by atoms with Gasteiger partial charge in [-0.05, 0) is 12.1 Å². The highest BCUT2D eigenvalue weighted by molar-refractivity contribution is 5.47. The van der Waals surface area contributed by atoms with Crippen LogP contribution in [0.5, 0.6) is 0 Å². The Bertz CT molecular complexity index is 698. The van der Waals surface area contributed by atoms with Gasteiger partial charge in [0, 0.05) is 30.7 Å². The molecule has 0 saturated heterocycles. The summed E-state index contributed by atoms with van der Waals surface area (Å²) in [4.78, 5) is 0. The smallest absolute Gasteiger partial charge is 0.382 e. The molecule has 1 atom stereocenters. The van der Waals surface area contributed by atoms with Gasteiger partial charge in [0.15, 0.2) is 0 Å². The number of aryl methyl sites for hydroxylation is 1. The van der Waals surface area contributed by atoms with Crippen LogP contribution in [0, 0.1) is 0 Å². The Balaban J connectivity index is 2.27. The van der Waals surface area contributed by atoms with E-state index in [2.05, 4.69) is 0 Å². The molecule has 3 rings (SSSR count). The molecule has 21 heavy (non-hydrogen) atoms. The number of nitrogens with zero attached hydrogens (tertiary/aromatic N) is 2. The number of hydrogen-bond acceptors (Lipinski definition) is 1. The van der Waals surface area contributed by atoms with Crippen molar-refractivity contribution in [3.8, 4) is 5.82 Å². The molecule has 2 heterocycles. The molecule has 3 nitrogen and oxygen atoms in total. The van der Waals surface area contributed by atoms with Crippen molar-refractivity contribution in [3.63, 3.8) is 0 Å². The van der Waals surface area contributed by atoms with E-state index in [0.29, 0.717) is 5.82 Å². The van der Waals surface area contributed by atoms with Crippen LogP contribution in [0.2, 0.25) is 0 Å². The first-order valence-corrected chi connectivity index (χ1v) is 6.12. The summed E-state index contributed by atoms with van der Waals surface area (Å²) in [5.41, 5.74) is -2.15. The van der Waals surface area contributed by atoms with Gasteiger partial charge in [-0.1, -0.05) is 0 Å². The van der Waals surface area contributed by atoms with Crippen LogP contribution in [-0.4, -0.2) is 20.2 Å². The zero-order valence-electron chi connectivity index (χ0n) is 10.8. The number of fused-ring (bicyclic) bond motifs is 1. The Morgan fingerprint density at radius 1 is 1.33 bits per heavy atom. The van der Waals surface area contributed by atoms with E-state index in [9.17, 15) is 27.1 Å². The molecule has 8 heteroatoms. The first-order chi connectivity index (χ1) is 9.63. The Morgan fingerprint density at radius 3 is 2.52 bits per heavy atom. The second-order valence-corrected chi connectivity index (χ2v) is 5.09. The number of alkyl halides is 5. The molecule has 0 bridgehead atoms. The van der Waals surface area contributed by atoms with Crippen LogP contribution in [0.1, 0.15) is 22.9 Å². The van der Waals surface area contributed by atoms with Crippen LogP contribution in [0.15, 0.2) is 24.5 Å². The largest absolute Gasteiger partial charge is 0.418 e. The lowest BCUT2D eigenvalue weighted by molar-refractivity contribution is -0.142. The zero-order valence-corrected chi connectivity index (χ0v) is 10.8. The molecule has 1 aliphatic carbocycles. The second-order valence-electron chi connectivity index (χ2n) is 5.09. The highest BCUT2D eigenvalue weighted by Crippen LogP contribution is 2.49. The summed E-state index contributed by atoms with van der Waals surface area (Å²) in [5, 5.41) is 9.56. The third kappa shape index (κ3) is 1.97. The number of rotatable bonds is 1. The lowest BCUT2D eigenvalue weighted by atomic mass is 10.1. The monoisotopic (exact) mass is 306 g/mol. The van der Waals surface area contributed by atoms with E-state index in [4.69, 9.17) is 0 Å². The summed E-state index contributed by atoms with van der Waals surface area (Å²) in [6.07, 6.45) is -5.81. The van der Waals surface area contributed by atoms with E-state index in [1.807, 2.05) is 0 Å². The van der Waals surface area contributed by atoms with Crippen molar-refractivity contribution >= 4 is 0 Å². The molecule has 114 valence electrons. The van der Waals surface area contributed by atoms with Crippen LogP contribution >= 0.6 is 0 Å². The first-order valence-electron chi connectivity index (χ1n) is 6.12. The van der Waals surface area contributed by atoms with Gasteiger partial charge in [-0.15, -0.1) is 0 Å². The fourth-order valence-corrected chi connectivity index (χ4v) is 2.71. The number of aliphatic hydroxyl groups excluding tert-OH is 1. The van der Waals surface area contributed by atoms with Crippen molar-refractivity contribution in [3.05, 3.63) is 41.3 Å². The van der Waals surface area contributed by atoms with E-state index >= 15 is 0 Å². The molecule has 0 fully saturated rings. The van der Waals surface area contributed by atoms with E-state index in [0.717, 1.165) is 10.8 Å². The molecule has 0 aromatic carbocycles. The lowest BCUT2D eigenvalue weighted by Gasteiger charge is -2.16. The Hall–Kier alpha value is -1.83. The predicted molar refractivity (Wildman–Crippen MR) is 63.4 cm³/mol. The van der Waals surface area contributed by atoms with Gasteiger partial charge in [0.05, 0.1) is 12.0 Å². The van der Waals surface area contributed by atoms with Crippen molar-refractivity contribution in [2.75, 3.05) is 0 Å². The quantitative estimate of drug-likeness (QED) is 0.806. The molecule has 0 spiro atoms. The molecular weight excluding hydrogens is 295 g/mol. The average molecular weight is 306 g/mol. The lowest BCUT2D eigenvalue weighted by Crippen LogP contribution is -2.24. The van der Waals surface area contributed by atoms with E-state index in [1.54, 1.807) is 19.3 Å². The highest BCUT2D eigenvalue weighted by Gasteiger charge is 2.53. The van der Waals surface area contributed by atoms with Crippen LogP contribution in [-0.2, 0) is 19.6 Å². The summed E-state index contributed by atoms with van der Waals surface area (Å²) in [6.45, 7) is 0. The van der Waals surface area contributed by atoms with E-state index in [1.165, 1.54) is 10.6 Å². The number of aromatic nitrogens is 2. The van der Waals surface area contributed by atoms with Gasteiger partial charge in [0.2, 0.25) is 0 Å². The predicted octanol–water partition coefficient (Wildman–Crippen LogP) is 3.06. The maximum absolute atomic E-state index is 13.6. The minimum atomic E-state index is -4.80. The van der Waals surface area contributed by atoms with E-state index < -0.39 is 35.8 Å². The summed E-state index contributed by atoms with van der Waals surface area (Å²) in [7, 11) is 1.60. The SMILES string of the molecule is Cn1cccc1-n1cc(C(F)(F)F)c2c1CC(F)(F)C2O. The molecule has 0 radical (unpaired) electrons. The van der Waals surface area contributed by atoms with Gasteiger partial charge in [-0.25, -0.2) is 8.78 Å². The van der Waals surface area contributed by atoms with Crippen molar-refractivity contribution < 1.29 is 27.1 Å².